The largest absolute Gasteiger partial charge is 0.354 e. The van der Waals surface area contributed by atoms with Crippen molar-refractivity contribution < 1.29 is 0 Å². The van der Waals surface area contributed by atoms with Gasteiger partial charge >= 0.3 is 0 Å². The molecule has 1 aliphatic heterocycles. The average Bonchev–Trinajstić information content (AvgIpc) is 3.08. The van der Waals surface area contributed by atoms with Crippen LogP contribution < -0.4 is 5.32 Å². The summed E-state index contributed by atoms with van der Waals surface area (Å²) >= 11 is 0. The van der Waals surface area contributed by atoms with E-state index in [0.29, 0.717) is 11.5 Å². The maximum atomic E-state index is 9.20. The number of H-pyrrole nitrogens is 1. The van der Waals surface area contributed by atoms with Gasteiger partial charge in [-0.05, 0) is 86.8 Å². The van der Waals surface area contributed by atoms with E-state index in [4.69, 9.17) is 0 Å². The molecule has 0 saturated carbocycles. The highest BCUT2D eigenvalue weighted by Crippen LogP contribution is 2.34. The lowest BCUT2D eigenvalue weighted by Gasteiger charge is -2.32. The highest BCUT2D eigenvalue weighted by Gasteiger charge is 2.21. The summed E-state index contributed by atoms with van der Waals surface area (Å²) in [5, 5.41) is 13.7. The highest BCUT2D eigenvalue weighted by atomic mass is 15.1. The van der Waals surface area contributed by atoms with Crippen molar-refractivity contribution in [1.82, 2.24) is 15.2 Å². The number of nitriles is 1. The topological polar surface area (TPSA) is 54.8 Å². The number of hydrogen-bond donors (Lipinski definition) is 2. The van der Waals surface area contributed by atoms with E-state index in [2.05, 4.69) is 52.5 Å². The first-order valence-corrected chi connectivity index (χ1v) is 10.2. The number of likely N-dealkylation sites (N-methyl/N-ethyl adjacent to an activating group) is 1. The molecule has 2 heterocycles. The summed E-state index contributed by atoms with van der Waals surface area (Å²) in [5.41, 5.74) is 6.78. The van der Waals surface area contributed by atoms with Gasteiger partial charge in [0.25, 0.3) is 0 Å². The van der Waals surface area contributed by atoms with Crippen molar-refractivity contribution in [3.63, 3.8) is 0 Å². The summed E-state index contributed by atoms with van der Waals surface area (Å²) < 4.78 is 0. The fourth-order valence-electron chi connectivity index (χ4n) is 4.39. The molecule has 3 aromatic rings. The monoisotopic (exact) mass is 372 g/mol. The molecule has 0 aliphatic carbocycles. The first-order valence-electron chi connectivity index (χ1n) is 10.2. The van der Waals surface area contributed by atoms with E-state index >= 15 is 0 Å². The molecule has 4 rings (SSSR count). The number of hydrogen-bond acceptors (Lipinski definition) is 3. The number of aryl methyl sites for hydroxylation is 1. The van der Waals surface area contributed by atoms with Crippen LogP contribution in [0.25, 0.3) is 22.2 Å². The summed E-state index contributed by atoms with van der Waals surface area (Å²) in [6.07, 6.45) is 2.46. The molecule has 4 heteroatoms. The molecule has 0 atom stereocenters. The van der Waals surface area contributed by atoms with Crippen LogP contribution in [0.2, 0.25) is 0 Å². The molecule has 2 aromatic carbocycles. The second-order valence-electron chi connectivity index (χ2n) is 7.84. The molecule has 0 radical (unpaired) electrons. The summed E-state index contributed by atoms with van der Waals surface area (Å²) in [6.45, 7) is 6.75. The first kappa shape index (κ1) is 18.7. The third kappa shape index (κ3) is 3.69. The molecule has 28 heavy (non-hydrogen) atoms. The van der Waals surface area contributed by atoms with Gasteiger partial charge in [0.1, 0.15) is 0 Å². The molecule has 0 spiro atoms. The molecule has 0 unspecified atom stereocenters. The van der Waals surface area contributed by atoms with Gasteiger partial charge < -0.3 is 15.2 Å². The zero-order valence-corrected chi connectivity index (χ0v) is 16.8. The lowest BCUT2D eigenvalue weighted by molar-refractivity contribution is 0.214. The van der Waals surface area contributed by atoms with Gasteiger partial charge in [-0.15, -0.1) is 0 Å². The van der Waals surface area contributed by atoms with E-state index in [-0.39, 0.29) is 0 Å². The van der Waals surface area contributed by atoms with Crippen molar-refractivity contribution in [2.75, 3.05) is 33.2 Å². The molecule has 1 saturated heterocycles. The Bertz CT molecular complexity index is 1000. The molecule has 1 aromatic heterocycles. The Morgan fingerprint density at radius 3 is 2.75 bits per heavy atom. The van der Waals surface area contributed by atoms with Gasteiger partial charge in [-0.2, -0.15) is 5.26 Å². The number of fused-ring (bicyclic) bond motifs is 1. The third-order valence-electron chi connectivity index (χ3n) is 6.10. The minimum atomic E-state index is 0.648. The molecule has 0 amide bonds. The average molecular weight is 373 g/mol. The van der Waals surface area contributed by atoms with Gasteiger partial charge in [0.05, 0.1) is 11.6 Å². The van der Waals surface area contributed by atoms with E-state index in [1.807, 2.05) is 25.2 Å². The van der Waals surface area contributed by atoms with Crippen LogP contribution in [0.15, 0.2) is 42.5 Å². The highest BCUT2D eigenvalue weighted by molar-refractivity contribution is 5.91. The van der Waals surface area contributed by atoms with Crippen molar-refractivity contribution >= 4 is 10.9 Å². The molecule has 4 nitrogen and oxygen atoms in total. The van der Waals surface area contributed by atoms with E-state index < -0.39 is 0 Å². The number of aromatic amines is 1. The van der Waals surface area contributed by atoms with Crippen molar-refractivity contribution in [3.8, 4) is 17.3 Å². The van der Waals surface area contributed by atoms with Crippen LogP contribution in [0.3, 0.4) is 0 Å². The summed E-state index contributed by atoms with van der Waals surface area (Å²) in [7, 11) is 2.02. The number of nitrogens with zero attached hydrogens (tertiary/aromatic N) is 2. The van der Waals surface area contributed by atoms with Crippen molar-refractivity contribution in [3.05, 3.63) is 59.2 Å². The predicted octanol–water partition coefficient (Wildman–Crippen LogP) is 4.41. The van der Waals surface area contributed by atoms with Crippen molar-refractivity contribution in [1.29, 1.82) is 5.26 Å². The second-order valence-corrected chi connectivity index (χ2v) is 7.84. The Labute approximate surface area is 167 Å². The van der Waals surface area contributed by atoms with Crippen molar-refractivity contribution in [2.24, 2.45) is 0 Å². The molecule has 2 N–H and O–H groups in total. The van der Waals surface area contributed by atoms with Gasteiger partial charge in [0, 0.05) is 29.7 Å². The molecular formula is C24H28N4. The third-order valence-corrected chi connectivity index (χ3v) is 6.10. The SMILES string of the molecule is CNCCN1CCC(c2ccc3[nH]c(-c4cccc(C#N)c4)c(C)c3c2)CC1. The van der Waals surface area contributed by atoms with Crippen LogP contribution in [-0.4, -0.2) is 43.1 Å². The minimum Gasteiger partial charge on any atom is -0.354 e. The van der Waals surface area contributed by atoms with Crippen LogP contribution >= 0.6 is 0 Å². The second kappa shape index (κ2) is 8.18. The normalized spacial score (nSPS) is 15.8. The van der Waals surface area contributed by atoms with Crippen molar-refractivity contribution in [2.45, 2.75) is 25.7 Å². The molecule has 1 fully saturated rings. The van der Waals surface area contributed by atoms with Crippen LogP contribution in [0.4, 0.5) is 0 Å². The van der Waals surface area contributed by atoms with Gasteiger partial charge in [-0.3, -0.25) is 0 Å². The van der Waals surface area contributed by atoms with E-state index in [1.54, 1.807) is 0 Å². The molecular weight excluding hydrogens is 344 g/mol. The Morgan fingerprint density at radius 2 is 2.00 bits per heavy atom. The predicted molar refractivity (Wildman–Crippen MR) is 116 cm³/mol. The maximum absolute atomic E-state index is 9.20. The Morgan fingerprint density at radius 1 is 1.18 bits per heavy atom. The minimum absolute atomic E-state index is 0.648. The number of nitrogens with one attached hydrogen (secondary N) is 2. The molecule has 144 valence electrons. The summed E-state index contributed by atoms with van der Waals surface area (Å²) in [4.78, 5) is 6.13. The zero-order valence-electron chi connectivity index (χ0n) is 16.8. The summed E-state index contributed by atoms with van der Waals surface area (Å²) in [6, 6.07) is 17.0. The Kier molecular flexibility index (Phi) is 5.47. The van der Waals surface area contributed by atoms with Crippen LogP contribution in [-0.2, 0) is 0 Å². The number of benzene rings is 2. The fourth-order valence-corrected chi connectivity index (χ4v) is 4.39. The Hall–Kier alpha value is -2.61. The summed E-state index contributed by atoms with van der Waals surface area (Å²) in [5.74, 6) is 0.648. The van der Waals surface area contributed by atoms with Gasteiger partial charge in [0.2, 0.25) is 0 Å². The van der Waals surface area contributed by atoms with Gasteiger partial charge in [-0.25, -0.2) is 0 Å². The van der Waals surface area contributed by atoms with E-state index in [1.165, 1.54) is 48.0 Å². The zero-order chi connectivity index (χ0) is 19.5. The number of piperidine rings is 1. The number of likely N-dealkylation sites (tertiary alicyclic amines) is 1. The fraction of sp³-hybridized carbons (Fsp3) is 0.375. The van der Waals surface area contributed by atoms with Crippen LogP contribution in [0, 0.1) is 18.3 Å². The standard InChI is InChI=1S/C24H28N4/c1-17-22-15-20(19-8-11-28(12-9-19)13-10-26-2)6-7-23(22)27-24(17)21-5-3-4-18(14-21)16-25/h3-7,14-15,19,26-27H,8-13H2,1-2H3. The van der Waals surface area contributed by atoms with E-state index in [0.717, 1.165) is 24.3 Å². The lowest BCUT2D eigenvalue weighted by Crippen LogP contribution is -2.37. The van der Waals surface area contributed by atoms with Crippen LogP contribution in [0.5, 0.6) is 0 Å². The first-order chi connectivity index (χ1) is 13.7. The van der Waals surface area contributed by atoms with E-state index in [9.17, 15) is 5.26 Å². The molecule has 1 aliphatic rings. The van der Waals surface area contributed by atoms with Gasteiger partial charge in [-0.1, -0.05) is 18.2 Å². The number of aromatic nitrogens is 1. The molecule has 0 bridgehead atoms. The maximum Gasteiger partial charge on any atom is 0.0991 e. The Balaban J connectivity index is 1.58. The van der Waals surface area contributed by atoms with Gasteiger partial charge in [0.15, 0.2) is 0 Å². The lowest BCUT2D eigenvalue weighted by atomic mass is 9.88. The smallest absolute Gasteiger partial charge is 0.0991 e. The number of rotatable bonds is 5. The quantitative estimate of drug-likeness (QED) is 0.697. The van der Waals surface area contributed by atoms with Crippen LogP contribution in [0.1, 0.15) is 35.4 Å².